The number of nitrogens with zero attached hydrogens (tertiary/aromatic N) is 2. The second-order valence-corrected chi connectivity index (χ2v) is 9.82. The molecule has 2 saturated heterocycles. The van der Waals surface area contributed by atoms with Crippen molar-refractivity contribution in [1.82, 2.24) is 4.90 Å². The van der Waals surface area contributed by atoms with E-state index in [-0.39, 0.29) is 11.9 Å². The predicted molar refractivity (Wildman–Crippen MR) is 135 cm³/mol. The minimum Gasteiger partial charge on any atom is -0.371 e. The Morgan fingerprint density at radius 3 is 1.97 bits per heavy atom. The lowest BCUT2D eigenvalue weighted by atomic mass is 9.96. The monoisotopic (exact) mass is 448 g/mol. The number of aryl methyl sites for hydroxylation is 1. The molecule has 33 heavy (non-hydrogen) atoms. The van der Waals surface area contributed by atoms with Gasteiger partial charge in [0.05, 0.1) is 5.56 Å². The molecule has 0 unspecified atom stereocenters. The van der Waals surface area contributed by atoms with E-state index in [1.807, 2.05) is 54.3 Å². The Morgan fingerprint density at radius 1 is 0.788 bits per heavy atom. The molecule has 6 heteroatoms. The van der Waals surface area contributed by atoms with E-state index in [1.54, 1.807) is 0 Å². The Hall–Kier alpha value is -3.02. The summed E-state index contributed by atoms with van der Waals surface area (Å²) in [6.45, 7) is 10.1. The summed E-state index contributed by atoms with van der Waals surface area (Å²) < 4.78 is 0. The van der Waals surface area contributed by atoms with Gasteiger partial charge in [-0.1, -0.05) is 31.5 Å². The molecule has 0 aromatic heterocycles. The van der Waals surface area contributed by atoms with Crippen LogP contribution in [0.2, 0.25) is 0 Å². The zero-order chi connectivity index (χ0) is 23.4. The van der Waals surface area contributed by atoms with Crippen LogP contribution >= 0.6 is 0 Å². The Kier molecular flexibility index (Phi) is 7.21. The first-order valence-corrected chi connectivity index (χ1v) is 12.2. The van der Waals surface area contributed by atoms with Crippen molar-refractivity contribution in [1.29, 1.82) is 0 Å². The zero-order valence-corrected chi connectivity index (χ0v) is 20.1. The van der Waals surface area contributed by atoms with Crippen LogP contribution in [0.4, 0.5) is 21.9 Å². The standard InChI is InChI=1S/C27H36N4O2/c1-19-4-6-22(7-5-19)28-27(33)29-23-8-9-25(30-14-10-20(2)11-15-30)24(18-23)26(32)31-16-12-21(3)13-17-31/h4-9,18,20-21H,10-17H2,1-3H3,(H2,28,29,33). The van der Waals surface area contributed by atoms with Gasteiger partial charge >= 0.3 is 6.03 Å². The largest absolute Gasteiger partial charge is 0.371 e. The number of carbonyl (C=O) groups is 2. The van der Waals surface area contributed by atoms with Crippen LogP contribution in [0.1, 0.15) is 55.5 Å². The number of anilines is 3. The van der Waals surface area contributed by atoms with Crippen molar-refractivity contribution in [3.8, 4) is 0 Å². The molecule has 2 aromatic carbocycles. The molecule has 176 valence electrons. The summed E-state index contributed by atoms with van der Waals surface area (Å²) in [7, 11) is 0. The fourth-order valence-corrected chi connectivity index (χ4v) is 4.62. The Labute approximate surface area is 197 Å². The first-order valence-electron chi connectivity index (χ1n) is 12.2. The topological polar surface area (TPSA) is 64.7 Å². The molecule has 2 aromatic rings. The first-order chi connectivity index (χ1) is 15.9. The van der Waals surface area contributed by atoms with Gasteiger partial charge in [-0.2, -0.15) is 0 Å². The third kappa shape index (κ3) is 5.86. The number of rotatable bonds is 4. The summed E-state index contributed by atoms with van der Waals surface area (Å²) in [6.07, 6.45) is 4.35. The van der Waals surface area contributed by atoms with Crippen LogP contribution in [0.5, 0.6) is 0 Å². The molecule has 2 heterocycles. The highest BCUT2D eigenvalue weighted by Gasteiger charge is 2.27. The van der Waals surface area contributed by atoms with Crippen molar-refractivity contribution >= 4 is 29.0 Å². The van der Waals surface area contributed by atoms with Crippen LogP contribution in [-0.2, 0) is 0 Å². The molecule has 4 rings (SSSR count). The summed E-state index contributed by atoms with van der Waals surface area (Å²) >= 11 is 0. The normalized spacial score (nSPS) is 17.7. The minimum absolute atomic E-state index is 0.0677. The lowest BCUT2D eigenvalue weighted by Crippen LogP contribution is -2.40. The predicted octanol–water partition coefficient (Wildman–Crippen LogP) is 5.75. The number of piperidine rings is 2. The van der Waals surface area contributed by atoms with Crippen LogP contribution in [0, 0.1) is 18.8 Å². The highest BCUT2D eigenvalue weighted by Crippen LogP contribution is 2.31. The average Bonchev–Trinajstić information content (AvgIpc) is 2.81. The van der Waals surface area contributed by atoms with Crippen molar-refractivity contribution in [3.63, 3.8) is 0 Å². The Balaban J connectivity index is 1.54. The van der Waals surface area contributed by atoms with E-state index in [9.17, 15) is 9.59 Å². The molecular formula is C27H36N4O2. The third-order valence-electron chi connectivity index (χ3n) is 6.99. The summed E-state index contributed by atoms with van der Waals surface area (Å²) in [4.78, 5) is 30.4. The highest BCUT2D eigenvalue weighted by atomic mass is 16.2. The van der Waals surface area contributed by atoms with E-state index in [0.29, 0.717) is 17.2 Å². The Bertz CT molecular complexity index is 972. The van der Waals surface area contributed by atoms with E-state index < -0.39 is 0 Å². The van der Waals surface area contributed by atoms with E-state index in [4.69, 9.17) is 0 Å². The molecular weight excluding hydrogens is 412 g/mol. The van der Waals surface area contributed by atoms with E-state index >= 15 is 0 Å². The lowest BCUT2D eigenvalue weighted by molar-refractivity contribution is 0.0697. The SMILES string of the molecule is Cc1ccc(NC(=O)Nc2ccc(N3CCC(C)CC3)c(C(=O)N3CCC(C)CC3)c2)cc1. The molecule has 3 amide bonds. The van der Waals surface area contributed by atoms with Crippen LogP contribution in [0.3, 0.4) is 0 Å². The Morgan fingerprint density at radius 2 is 1.33 bits per heavy atom. The van der Waals surface area contributed by atoms with Crippen molar-refractivity contribution in [2.24, 2.45) is 11.8 Å². The fraction of sp³-hybridized carbons (Fsp3) is 0.481. The maximum atomic E-state index is 13.6. The lowest BCUT2D eigenvalue weighted by Gasteiger charge is -2.35. The number of urea groups is 1. The van der Waals surface area contributed by atoms with Crippen molar-refractivity contribution < 1.29 is 9.59 Å². The number of likely N-dealkylation sites (tertiary alicyclic amines) is 1. The molecule has 0 atom stereocenters. The number of amides is 3. The molecule has 2 aliphatic heterocycles. The second kappa shape index (κ2) is 10.3. The van der Waals surface area contributed by atoms with Crippen LogP contribution < -0.4 is 15.5 Å². The third-order valence-corrected chi connectivity index (χ3v) is 6.99. The number of carbonyl (C=O) groups excluding carboxylic acids is 2. The number of nitrogens with one attached hydrogen (secondary N) is 2. The smallest absolute Gasteiger partial charge is 0.323 e. The molecule has 2 aliphatic rings. The number of hydrogen-bond donors (Lipinski definition) is 2. The highest BCUT2D eigenvalue weighted by molar-refractivity contribution is 6.04. The first kappa shape index (κ1) is 23.1. The van der Waals surface area contributed by atoms with E-state index in [1.165, 1.54) is 0 Å². The van der Waals surface area contributed by atoms with Crippen molar-refractivity contribution in [2.75, 3.05) is 41.7 Å². The van der Waals surface area contributed by atoms with Crippen LogP contribution in [0.15, 0.2) is 42.5 Å². The van der Waals surface area contributed by atoms with Crippen molar-refractivity contribution in [2.45, 2.75) is 46.5 Å². The van der Waals surface area contributed by atoms with Gasteiger partial charge in [-0.25, -0.2) is 4.79 Å². The van der Waals surface area contributed by atoms with Gasteiger partial charge in [0, 0.05) is 43.2 Å². The van der Waals surface area contributed by atoms with Crippen LogP contribution in [-0.4, -0.2) is 43.0 Å². The van der Waals surface area contributed by atoms with Gasteiger partial charge in [-0.3, -0.25) is 4.79 Å². The van der Waals surface area contributed by atoms with Gasteiger partial charge in [-0.15, -0.1) is 0 Å². The van der Waals surface area contributed by atoms with E-state index in [2.05, 4.69) is 29.4 Å². The fourth-order valence-electron chi connectivity index (χ4n) is 4.62. The summed E-state index contributed by atoms with van der Waals surface area (Å²) in [5.74, 6) is 1.45. The molecule has 2 N–H and O–H groups in total. The average molecular weight is 449 g/mol. The minimum atomic E-state index is -0.316. The second-order valence-electron chi connectivity index (χ2n) is 9.82. The molecule has 0 aliphatic carbocycles. The van der Waals surface area contributed by atoms with Gasteiger partial charge in [-0.05, 0) is 74.8 Å². The van der Waals surface area contributed by atoms with E-state index in [0.717, 1.165) is 74.7 Å². The van der Waals surface area contributed by atoms with Gasteiger partial charge < -0.3 is 20.4 Å². The molecule has 2 fully saturated rings. The molecule has 0 saturated carbocycles. The summed E-state index contributed by atoms with van der Waals surface area (Å²) in [5.41, 5.74) is 4.17. The number of benzene rings is 2. The maximum absolute atomic E-state index is 13.6. The van der Waals surface area contributed by atoms with Crippen molar-refractivity contribution in [3.05, 3.63) is 53.6 Å². The maximum Gasteiger partial charge on any atom is 0.323 e. The van der Waals surface area contributed by atoms with Gasteiger partial charge in [0.15, 0.2) is 0 Å². The summed E-state index contributed by atoms with van der Waals surface area (Å²) in [5, 5.41) is 5.77. The van der Waals surface area contributed by atoms with Gasteiger partial charge in [0.1, 0.15) is 0 Å². The molecule has 0 spiro atoms. The summed E-state index contributed by atoms with van der Waals surface area (Å²) in [6, 6.07) is 13.1. The van der Waals surface area contributed by atoms with Crippen LogP contribution in [0.25, 0.3) is 0 Å². The molecule has 6 nitrogen and oxygen atoms in total. The number of hydrogen-bond acceptors (Lipinski definition) is 3. The molecule has 0 bridgehead atoms. The quantitative estimate of drug-likeness (QED) is 0.626. The zero-order valence-electron chi connectivity index (χ0n) is 20.1. The molecule has 0 radical (unpaired) electrons. The van der Waals surface area contributed by atoms with Gasteiger partial charge in [0.2, 0.25) is 0 Å². The van der Waals surface area contributed by atoms with Gasteiger partial charge in [0.25, 0.3) is 5.91 Å².